The number of pyridine rings is 1. The first-order valence-corrected chi connectivity index (χ1v) is 7.99. The largest absolute Gasteiger partial charge is 0.368 e. The van der Waals surface area contributed by atoms with E-state index in [1.165, 1.54) is 6.20 Å². The molecule has 2 N–H and O–H groups in total. The summed E-state index contributed by atoms with van der Waals surface area (Å²) >= 11 is 0. The number of hydrogen-bond acceptors (Lipinski definition) is 6. The van der Waals surface area contributed by atoms with E-state index in [4.69, 9.17) is 10.5 Å². The molecule has 0 aliphatic carbocycles. The fourth-order valence-corrected chi connectivity index (χ4v) is 2.55. The highest BCUT2D eigenvalue weighted by atomic mass is 16.2. The normalized spacial score (nSPS) is 17.2. The van der Waals surface area contributed by atoms with Crippen LogP contribution in [-0.4, -0.2) is 47.0 Å². The van der Waals surface area contributed by atoms with Crippen LogP contribution in [0.2, 0.25) is 0 Å². The molecule has 1 atom stereocenters. The van der Waals surface area contributed by atoms with Crippen LogP contribution in [0.25, 0.3) is 0 Å². The lowest BCUT2D eigenvalue weighted by atomic mass is 10.1. The van der Waals surface area contributed by atoms with E-state index in [1.54, 1.807) is 17.0 Å². The highest BCUT2D eigenvalue weighted by molar-refractivity contribution is 5.79. The number of nitriles is 2. The molecular weight excluding hydrogens is 304 g/mol. The average molecular weight is 326 g/mol. The van der Waals surface area contributed by atoms with E-state index in [1.807, 2.05) is 19.9 Å². The third-order valence-electron chi connectivity index (χ3n) is 4.04. The van der Waals surface area contributed by atoms with Gasteiger partial charge in [0.25, 0.3) is 0 Å². The molecule has 1 fully saturated rings. The zero-order valence-electron chi connectivity index (χ0n) is 14.0. The summed E-state index contributed by atoms with van der Waals surface area (Å²) in [6.45, 7) is 5.41. The maximum atomic E-state index is 12.3. The number of amides is 1. The molecule has 1 aromatic rings. The lowest BCUT2D eigenvalue weighted by Gasteiger charge is -2.28. The van der Waals surface area contributed by atoms with Gasteiger partial charge in [0, 0.05) is 24.8 Å². The molecule has 1 aliphatic heterocycles. The Hall–Kier alpha value is -2.64. The maximum absolute atomic E-state index is 12.3. The Balaban J connectivity index is 1.81. The van der Waals surface area contributed by atoms with Crippen molar-refractivity contribution in [2.24, 2.45) is 0 Å². The topological polar surface area (TPSA) is 105 Å². The van der Waals surface area contributed by atoms with Crippen molar-refractivity contribution in [3.63, 3.8) is 0 Å². The summed E-state index contributed by atoms with van der Waals surface area (Å²) in [4.78, 5) is 18.1. The molecule has 0 spiro atoms. The second-order valence-electron chi connectivity index (χ2n) is 6.51. The number of carbonyl (C=O) groups excluding carboxylic acids is 1. The van der Waals surface area contributed by atoms with Gasteiger partial charge in [-0.25, -0.2) is 4.98 Å². The minimum atomic E-state index is -0.326. The lowest BCUT2D eigenvalue weighted by molar-refractivity contribution is -0.130. The van der Waals surface area contributed by atoms with Crippen LogP contribution in [0.5, 0.6) is 0 Å². The Morgan fingerprint density at radius 1 is 1.46 bits per heavy atom. The summed E-state index contributed by atoms with van der Waals surface area (Å²) in [6, 6.07) is 7.37. The molecule has 1 aromatic heterocycles. The number of rotatable bonds is 6. The van der Waals surface area contributed by atoms with E-state index in [0.717, 1.165) is 12.8 Å². The first-order valence-electron chi connectivity index (χ1n) is 7.99. The van der Waals surface area contributed by atoms with Crippen LogP contribution >= 0.6 is 0 Å². The van der Waals surface area contributed by atoms with E-state index < -0.39 is 0 Å². The van der Waals surface area contributed by atoms with Crippen LogP contribution in [0, 0.1) is 22.7 Å². The molecule has 2 rings (SSSR count). The van der Waals surface area contributed by atoms with Gasteiger partial charge in [-0.2, -0.15) is 10.5 Å². The Kier molecular flexibility index (Phi) is 5.73. The van der Waals surface area contributed by atoms with Crippen molar-refractivity contribution in [3.8, 4) is 12.1 Å². The predicted molar refractivity (Wildman–Crippen MR) is 89.9 cm³/mol. The quantitative estimate of drug-likeness (QED) is 0.815. The Morgan fingerprint density at radius 2 is 2.25 bits per heavy atom. The van der Waals surface area contributed by atoms with E-state index >= 15 is 0 Å². The van der Waals surface area contributed by atoms with E-state index in [0.29, 0.717) is 24.5 Å². The molecule has 2 heterocycles. The fourth-order valence-electron chi connectivity index (χ4n) is 2.55. The maximum Gasteiger partial charge on any atom is 0.237 e. The molecule has 1 unspecified atom stereocenters. The number of likely N-dealkylation sites (tertiary alicyclic amines) is 1. The molecule has 7 heteroatoms. The van der Waals surface area contributed by atoms with Crippen molar-refractivity contribution < 1.29 is 4.79 Å². The lowest BCUT2D eigenvalue weighted by Crippen LogP contribution is -2.50. The standard InChI is InChI=1S/C17H22N6O/c1-17(2,12-21-15-6-5-13(8-18)10-20-15)22-11-16(24)23-7-3-4-14(23)9-19/h5-6,10,14,22H,3-4,7,11-12H2,1-2H3,(H,20,21). The molecule has 24 heavy (non-hydrogen) atoms. The molecular formula is C17H22N6O. The van der Waals surface area contributed by atoms with Crippen molar-refractivity contribution in [1.82, 2.24) is 15.2 Å². The van der Waals surface area contributed by atoms with E-state index in [-0.39, 0.29) is 24.0 Å². The zero-order valence-corrected chi connectivity index (χ0v) is 14.0. The number of carbonyl (C=O) groups is 1. The first-order chi connectivity index (χ1) is 11.4. The van der Waals surface area contributed by atoms with E-state index in [2.05, 4.69) is 21.7 Å². The summed E-state index contributed by atoms with van der Waals surface area (Å²) in [5, 5.41) is 24.2. The Labute approximate surface area is 142 Å². The first kappa shape index (κ1) is 17.7. The van der Waals surface area contributed by atoms with Crippen molar-refractivity contribution in [2.45, 2.75) is 38.3 Å². The van der Waals surface area contributed by atoms with Crippen molar-refractivity contribution in [3.05, 3.63) is 23.9 Å². The van der Waals surface area contributed by atoms with Gasteiger partial charge in [-0.3, -0.25) is 4.79 Å². The van der Waals surface area contributed by atoms with Crippen molar-refractivity contribution in [2.75, 3.05) is 25.0 Å². The predicted octanol–water partition coefficient (Wildman–Crippen LogP) is 1.25. The third kappa shape index (κ3) is 4.68. The number of aromatic nitrogens is 1. The number of anilines is 1. The second kappa shape index (κ2) is 7.76. The summed E-state index contributed by atoms with van der Waals surface area (Å²) in [5.41, 5.74) is 0.189. The molecule has 0 saturated carbocycles. The molecule has 1 saturated heterocycles. The van der Waals surface area contributed by atoms with Gasteiger partial charge in [0.15, 0.2) is 0 Å². The van der Waals surface area contributed by atoms with Crippen LogP contribution in [0.3, 0.4) is 0 Å². The average Bonchev–Trinajstić information content (AvgIpc) is 3.07. The van der Waals surface area contributed by atoms with Crippen LogP contribution in [0.4, 0.5) is 5.82 Å². The summed E-state index contributed by atoms with van der Waals surface area (Å²) in [7, 11) is 0. The molecule has 126 valence electrons. The van der Waals surface area contributed by atoms with Crippen molar-refractivity contribution >= 4 is 11.7 Å². The monoisotopic (exact) mass is 326 g/mol. The fraction of sp³-hybridized carbons (Fsp3) is 0.529. The van der Waals surface area contributed by atoms with Gasteiger partial charge >= 0.3 is 0 Å². The van der Waals surface area contributed by atoms with Crippen LogP contribution in [-0.2, 0) is 4.79 Å². The minimum Gasteiger partial charge on any atom is -0.368 e. The molecule has 0 bridgehead atoms. The smallest absolute Gasteiger partial charge is 0.237 e. The molecule has 0 aromatic carbocycles. The summed E-state index contributed by atoms with van der Waals surface area (Å²) in [6.07, 6.45) is 3.17. The Bertz CT molecular complexity index is 655. The molecule has 1 aliphatic rings. The molecule has 7 nitrogen and oxygen atoms in total. The van der Waals surface area contributed by atoms with Crippen molar-refractivity contribution in [1.29, 1.82) is 10.5 Å². The third-order valence-corrected chi connectivity index (χ3v) is 4.04. The molecule has 1 amide bonds. The van der Waals surface area contributed by atoms with Gasteiger partial charge in [-0.15, -0.1) is 0 Å². The second-order valence-corrected chi connectivity index (χ2v) is 6.51. The van der Waals surface area contributed by atoms with Gasteiger partial charge in [0.1, 0.15) is 17.9 Å². The van der Waals surface area contributed by atoms with Gasteiger partial charge in [-0.1, -0.05) is 0 Å². The summed E-state index contributed by atoms with van der Waals surface area (Å²) in [5.74, 6) is 0.642. The van der Waals surface area contributed by atoms with Gasteiger partial charge < -0.3 is 15.5 Å². The SMILES string of the molecule is CC(C)(CNc1ccc(C#N)cn1)NCC(=O)N1CCCC1C#N. The summed E-state index contributed by atoms with van der Waals surface area (Å²) < 4.78 is 0. The van der Waals surface area contributed by atoms with Crippen LogP contribution < -0.4 is 10.6 Å². The van der Waals surface area contributed by atoms with E-state index in [9.17, 15) is 4.79 Å². The minimum absolute atomic E-state index is 0.0383. The van der Waals surface area contributed by atoms with Gasteiger partial charge in [0.05, 0.1) is 18.2 Å². The number of nitrogens with one attached hydrogen (secondary N) is 2. The van der Waals surface area contributed by atoms with Gasteiger partial charge in [0.2, 0.25) is 5.91 Å². The van der Waals surface area contributed by atoms with Gasteiger partial charge in [-0.05, 0) is 38.8 Å². The highest BCUT2D eigenvalue weighted by Gasteiger charge is 2.29. The Morgan fingerprint density at radius 3 is 2.88 bits per heavy atom. The highest BCUT2D eigenvalue weighted by Crippen LogP contribution is 2.16. The van der Waals surface area contributed by atoms with Crippen LogP contribution in [0.1, 0.15) is 32.3 Å². The number of nitrogens with zero attached hydrogens (tertiary/aromatic N) is 4. The molecule has 0 radical (unpaired) electrons. The number of hydrogen-bond donors (Lipinski definition) is 2. The van der Waals surface area contributed by atoms with Crippen LogP contribution in [0.15, 0.2) is 18.3 Å². The zero-order chi connectivity index (χ0) is 17.6.